The molecular formula is C21H11NO6S2. The number of sulfonamides is 1. The van der Waals surface area contributed by atoms with Crippen molar-refractivity contribution in [2.24, 2.45) is 0 Å². The number of carbonyl (C=O) groups is 2. The van der Waals surface area contributed by atoms with E-state index in [1.165, 1.54) is 36.4 Å². The molecule has 1 aliphatic rings. The van der Waals surface area contributed by atoms with E-state index in [9.17, 15) is 22.8 Å². The summed E-state index contributed by atoms with van der Waals surface area (Å²) in [6.07, 6.45) is 0. The molecule has 1 aromatic heterocycles. The number of ketones is 2. The Kier molecular flexibility index (Phi) is 3.99. The highest BCUT2D eigenvalue weighted by Gasteiger charge is 2.30. The first-order chi connectivity index (χ1) is 14.3. The molecule has 0 radical (unpaired) electrons. The average molecular weight is 437 g/mol. The SMILES string of the molecule is O=C1c2ccccc2C(=O)c2cc(S(=O)(=O)Nc3ccc4oc(=O)sc4c3)ccc21. The van der Waals surface area contributed by atoms with Crippen molar-refractivity contribution in [3.8, 4) is 0 Å². The van der Waals surface area contributed by atoms with Gasteiger partial charge in [0.05, 0.1) is 15.3 Å². The first-order valence-corrected chi connectivity index (χ1v) is 11.0. The molecule has 1 heterocycles. The molecule has 5 rings (SSSR count). The van der Waals surface area contributed by atoms with Gasteiger partial charge in [0.15, 0.2) is 11.6 Å². The highest BCUT2D eigenvalue weighted by molar-refractivity contribution is 7.92. The van der Waals surface area contributed by atoms with Crippen LogP contribution in [-0.4, -0.2) is 20.0 Å². The maximum Gasteiger partial charge on any atom is 0.396 e. The van der Waals surface area contributed by atoms with Gasteiger partial charge in [0, 0.05) is 22.3 Å². The third-order valence-electron chi connectivity index (χ3n) is 4.79. The molecule has 0 unspecified atom stereocenters. The van der Waals surface area contributed by atoms with Gasteiger partial charge < -0.3 is 4.42 Å². The summed E-state index contributed by atoms with van der Waals surface area (Å²) in [6.45, 7) is 0. The number of nitrogens with one attached hydrogen (secondary N) is 1. The molecule has 9 heteroatoms. The maximum absolute atomic E-state index is 12.9. The molecule has 148 valence electrons. The Bertz CT molecular complexity index is 1550. The maximum atomic E-state index is 12.9. The lowest BCUT2D eigenvalue weighted by molar-refractivity contribution is 0.0979. The summed E-state index contributed by atoms with van der Waals surface area (Å²) in [6, 6.07) is 14.8. The summed E-state index contributed by atoms with van der Waals surface area (Å²) >= 11 is 0.862. The minimum Gasteiger partial charge on any atom is -0.414 e. The Hall–Kier alpha value is -3.56. The number of fused-ring (bicyclic) bond motifs is 3. The molecule has 0 spiro atoms. The molecular weight excluding hydrogens is 426 g/mol. The predicted molar refractivity (Wildman–Crippen MR) is 111 cm³/mol. The van der Waals surface area contributed by atoms with Crippen LogP contribution >= 0.6 is 11.3 Å². The third kappa shape index (κ3) is 2.87. The van der Waals surface area contributed by atoms with Gasteiger partial charge in [-0.2, -0.15) is 0 Å². The van der Waals surface area contributed by atoms with Crippen molar-refractivity contribution < 1.29 is 22.4 Å². The van der Waals surface area contributed by atoms with Crippen molar-refractivity contribution in [1.29, 1.82) is 0 Å². The molecule has 0 atom stereocenters. The van der Waals surface area contributed by atoms with E-state index in [0.29, 0.717) is 15.8 Å². The fourth-order valence-electron chi connectivity index (χ4n) is 3.40. The summed E-state index contributed by atoms with van der Waals surface area (Å²) in [7, 11) is -4.04. The van der Waals surface area contributed by atoms with Crippen molar-refractivity contribution in [2.75, 3.05) is 4.72 Å². The van der Waals surface area contributed by atoms with Crippen LogP contribution in [0.25, 0.3) is 10.3 Å². The van der Waals surface area contributed by atoms with Gasteiger partial charge in [-0.15, -0.1) is 0 Å². The van der Waals surface area contributed by atoms with Crippen molar-refractivity contribution in [2.45, 2.75) is 4.90 Å². The van der Waals surface area contributed by atoms with Gasteiger partial charge in [-0.1, -0.05) is 35.6 Å². The largest absolute Gasteiger partial charge is 0.414 e. The van der Waals surface area contributed by atoms with Crippen molar-refractivity contribution in [1.82, 2.24) is 0 Å². The van der Waals surface area contributed by atoms with Crippen LogP contribution in [0.3, 0.4) is 0 Å². The number of rotatable bonds is 3. The van der Waals surface area contributed by atoms with Gasteiger partial charge in [-0.05, 0) is 36.4 Å². The molecule has 4 aromatic rings. The van der Waals surface area contributed by atoms with E-state index in [0.717, 1.165) is 11.3 Å². The summed E-state index contributed by atoms with van der Waals surface area (Å²) in [5, 5.41) is 0. The highest BCUT2D eigenvalue weighted by atomic mass is 32.2. The van der Waals surface area contributed by atoms with E-state index in [4.69, 9.17) is 4.42 Å². The second kappa shape index (κ2) is 6.48. The summed E-state index contributed by atoms with van der Waals surface area (Å²) in [4.78, 5) is 36.2. The van der Waals surface area contributed by atoms with Crippen LogP contribution in [0.15, 0.2) is 74.8 Å². The molecule has 7 nitrogen and oxygen atoms in total. The highest BCUT2D eigenvalue weighted by Crippen LogP contribution is 2.30. The smallest absolute Gasteiger partial charge is 0.396 e. The van der Waals surface area contributed by atoms with Crippen LogP contribution < -0.4 is 9.66 Å². The Balaban J connectivity index is 1.54. The molecule has 3 aromatic carbocycles. The second-order valence-corrected chi connectivity index (χ2v) is 9.29. The van der Waals surface area contributed by atoms with Crippen LogP contribution in [-0.2, 0) is 10.0 Å². The van der Waals surface area contributed by atoms with E-state index in [1.807, 2.05) is 0 Å². The van der Waals surface area contributed by atoms with E-state index in [-0.39, 0.29) is 33.1 Å². The van der Waals surface area contributed by atoms with E-state index < -0.39 is 20.7 Å². The molecule has 0 bridgehead atoms. The van der Waals surface area contributed by atoms with Gasteiger partial charge in [0.1, 0.15) is 5.58 Å². The van der Waals surface area contributed by atoms with E-state index >= 15 is 0 Å². The number of benzene rings is 3. The molecule has 0 amide bonds. The van der Waals surface area contributed by atoms with Gasteiger partial charge >= 0.3 is 4.94 Å². The molecule has 0 saturated carbocycles. The lowest BCUT2D eigenvalue weighted by atomic mass is 9.84. The molecule has 0 saturated heterocycles. The summed E-state index contributed by atoms with van der Waals surface area (Å²) in [5.74, 6) is -0.723. The van der Waals surface area contributed by atoms with Crippen molar-refractivity contribution in [3.63, 3.8) is 0 Å². The van der Waals surface area contributed by atoms with Gasteiger partial charge in [-0.3, -0.25) is 14.3 Å². The molecule has 0 aliphatic heterocycles. The molecule has 0 fully saturated rings. The molecule has 1 aliphatic carbocycles. The number of anilines is 1. The number of carbonyl (C=O) groups excluding carboxylic acids is 2. The summed E-state index contributed by atoms with van der Waals surface area (Å²) in [5.41, 5.74) is 1.37. The lowest BCUT2D eigenvalue weighted by Gasteiger charge is -2.18. The molecule has 30 heavy (non-hydrogen) atoms. The normalized spacial score (nSPS) is 13.2. The Morgan fingerprint density at radius 3 is 2.17 bits per heavy atom. The van der Waals surface area contributed by atoms with E-state index in [2.05, 4.69) is 4.72 Å². The van der Waals surface area contributed by atoms with Crippen LogP contribution in [0.5, 0.6) is 0 Å². The van der Waals surface area contributed by atoms with E-state index in [1.54, 1.807) is 24.3 Å². The lowest BCUT2D eigenvalue weighted by Crippen LogP contribution is -2.22. The van der Waals surface area contributed by atoms with Crippen LogP contribution in [0.1, 0.15) is 31.8 Å². The summed E-state index contributed by atoms with van der Waals surface area (Å²) < 4.78 is 33.6. The monoisotopic (exact) mass is 437 g/mol. The fraction of sp³-hybridized carbons (Fsp3) is 0. The standard InChI is InChI=1S/C21H11NO6S2/c23-19-13-3-1-2-4-14(13)20(24)16-10-12(6-7-15(16)19)30(26,27)22-11-5-8-17-18(9-11)29-21(25)28-17/h1-10,22H. The number of hydrogen-bond donors (Lipinski definition) is 1. The topological polar surface area (TPSA) is 111 Å². The predicted octanol–water partition coefficient (Wildman–Crippen LogP) is 3.43. The fourth-order valence-corrected chi connectivity index (χ4v) is 5.18. The van der Waals surface area contributed by atoms with Gasteiger partial charge in [0.25, 0.3) is 10.0 Å². The minimum absolute atomic E-state index is 0.0464. The first-order valence-electron chi connectivity index (χ1n) is 8.72. The zero-order valence-electron chi connectivity index (χ0n) is 15.0. The first kappa shape index (κ1) is 18.5. The molecule has 1 N–H and O–H groups in total. The van der Waals surface area contributed by atoms with Crippen LogP contribution in [0, 0.1) is 0 Å². The minimum atomic E-state index is -4.04. The quantitative estimate of drug-likeness (QED) is 0.463. The Morgan fingerprint density at radius 1 is 0.767 bits per heavy atom. The third-order valence-corrected chi connectivity index (χ3v) is 6.96. The zero-order chi connectivity index (χ0) is 21.0. The van der Waals surface area contributed by atoms with Crippen molar-refractivity contribution >= 4 is 48.9 Å². The van der Waals surface area contributed by atoms with Crippen molar-refractivity contribution in [3.05, 3.63) is 92.7 Å². The van der Waals surface area contributed by atoms with Gasteiger partial charge in [-0.25, -0.2) is 13.2 Å². The van der Waals surface area contributed by atoms with Crippen LogP contribution in [0.4, 0.5) is 5.69 Å². The van der Waals surface area contributed by atoms with Crippen LogP contribution in [0.2, 0.25) is 0 Å². The number of hydrogen-bond acceptors (Lipinski definition) is 7. The van der Waals surface area contributed by atoms with Gasteiger partial charge in [0.2, 0.25) is 0 Å². The Morgan fingerprint density at radius 2 is 1.43 bits per heavy atom. The Labute approximate surface area is 173 Å². The zero-order valence-corrected chi connectivity index (χ0v) is 16.7. The average Bonchev–Trinajstić information content (AvgIpc) is 3.10. The second-order valence-electron chi connectivity index (χ2n) is 6.63.